The maximum Gasteiger partial charge on any atom is 0.125 e. The lowest BCUT2D eigenvalue weighted by Crippen LogP contribution is -2.19. The second-order valence-electron chi connectivity index (χ2n) is 7.37. The van der Waals surface area contributed by atoms with Crippen LogP contribution in [-0.4, -0.2) is 30.6 Å². The van der Waals surface area contributed by atoms with E-state index in [0.29, 0.717) is 44.3 Å². The summed E-state index contributed by atoms with van der Waals surface area (Å²) in [4.78, 5) is 10.3. The molecule has 0 atom stereocenters. The lowest BCUT2D eigenvalue weighted by molar-refractivity contribution is -0.107. The summed E-state index contributed by atoms with van der Waals surface area (Å²) in [7, 11) is 0. The molecule has 0 aliphatic heterocycles. The molecule has 1 aromatic heterocycles. The summed E-state index contributed by atoms with van der Waals surface area (Å²) in [6.45, 7) is 3.28. The zero-order chi connectivity index (χ0) is 21.2. The molecule has 1 heterocycles. The monoisotopic (exact) mass is 430 g/mol. The molecule has 0 unspecified atom stereocenters. The maximum absolute atomic E-state index is 14.2. The van der Waals surface area contributed by atoms with Crippen LogP contribution < -0.4 is 5.32 Å². The fraction of sp³-hybridized carbons (Fsp3) is 0.375. The number of carbonyl (C=O) groups excluding carboxylic acids is 1. The van der Waals surface area contributed by atoms with E-state index >= 15 is 0 Å². The molecule has 0 amide bonds. The molecule has 3 rings (SSSR count). The standard InChI is InChI=1S/C24H28ClFN2O2/c25-21-7-5-19(6-8-21)18-28-11-9-23-20(15-22(26)16-24(23)28)17-27-10-14-30-13-4-2-1-3-12-29/h5-9,11-12,15-16,27H,1-4,10,13-14,17-18H2. The molecule has 2 aromatic carbocycles. The summed E-state index contributed by atoms with van der Waals surface area (Å²) < 4.78 is 21.9. The zero-order valence-corrected chi connectivity index (χ0v) is 17.8. The van der Waals surface area contributed by atoms with Crippen LogP contribution in [0, 0.1) is 5.82 Å². The van der Waals surface area contributed by atoms with Crippen LogP contribution in [0.2, 0.25) is 5.02 Å². The van der Waals surface area contributed by atoms with E-state index in [4.69, 9.17) is 16.3 Å². The minimum absolute atomic E-state index is 0.234. The van der Waals surface area contributed by atoms with Gasteiger partial charge in [-0.05, 0) is 54.3 Å². The molecule has 0 aliphatic rings. The normalized spacial score (nSPS) is 11.3. The Hall–Kier alpha value is -2.21. The maximum atomic E-state index is 14.2. The Labute approximate surface area is 182 Å². The van der Waals surface area contributed by atoms with Gasteiger partial charge in [0.15, 0.2) is 0 Å². The van der Waals surface area contributed by atoms with Gasteiger partial charge in [0.25, 0.3) is 0 Å². The molecule has 0 fully saturated rings. The van der Waals surface area contributed by atoms with E-state index in [1.165, 1.54) is 0 Å². The van der Waals surface area contributed by atoms with Gasteiger partial charge in [-0.2, -0.15) is 0 Å². The molecular weight excluding hydrogens is 403 g/mol. The van der Waals surface area contributed by atoms with Crippen LogP contribution in [0.5, 0.6) is 0 Å². The Balaban J connectivity index is 1.51. The van der Waals surface area contributed by atoms with Crippen LogP contribution in [0.3, 0.4) is 0 Å². The van der Waals surface area contributed by atoms with Gasteiger partial charge in [0.1, 0.15) is 12.1 Å². The van der Waals surface area contributed by atoms with Crippen molar-refractivity contribution >= 4 is 28.8 Å². The van der Waals surface area contributed by atoms with Gasteiger partial charge in [0.05, 0.1) is 12.1 Å². The van der Waals surface area contributed by atoms with Gasteiger partial charge in [-0.25, -0.2) is 4.39 Å². The van der Waals surface area contributed by atoms with Crippen LogP contribution in [0.4, 0.5) is 4.39 Å². The average Bonchev–Trinajstić information content (AvgIpc) is 3.13. The quantitative estimate of drug-likeness (QED) is 0.293. The molecule has 0 saturated heterocycles. The predicted octanol–water partition coefficient (Wildman–Crippen LogP) is 5.35. The number of nitrogens with zero attached hydrogens (tertiary/aromatic N) is 1. The molecule has 4 nitrogen and oxygen atoms in total. The van der Waals surface area contributed by atoms with Crippen molar-refractivity contribution < 1.29 is 13.9 Å². The van der Waals surface area contributed by atoms with Gasteiger partial charge >= 0.3 is 0 Å². The van der Waals surface area contributed by atoms with Crippen molar-refractivity contribution in [3.05, 3.63) is 70.6 Å². The van der Waals surface area contributed by atoms with E-state index in [1.807, 2.05) is 36.5 Å². The zero-order valence-electron chi connectivity index (χ0n) is 17.1. The molecule has 1 N–H and O–H groups in total. The van der Waals surface area contributed by atoms with Crippen LogP contribution in [-0.2, 0) is 22.6 Å². The van der Waals surface area contributed by atoms with Crippen molar-refractivity contribution in [3.63, 3.8) is 0 Å². The molecule has 6 heteroatoms. The van der Waals surface area contributed by atoms with E-state index in [0.717, 1.165) is 47.6 Å². The molecule has 0 saturated carbocycles. The number of hydrogen-bond acceptors (Lipinski definition) is 3. The van der Waals surface area contributed by atoms with Crippen LogP contribution in [0.15, 0.2) is 48.7 Å². The highest BCUT2D eigenvalue weighted by Crippen LogP contribution is 2.23. The fourth-order valence-corrected chi connectivity index (χ4v) is 3.61. The molecular formula is C24H28ClFN2O2. The minimum Gasteiger partial charge on any atom is -0.380 e. The largest absolute Gasteiger partial charge is 0.380 e. The van der Waals surface area contributed by atoms with Gasteiger partial charge in [0, 0.05) is 49.3 Å². The van der Waals surface area contributed by atoms with Crippen molar-refractivity contribution in [2.24, 2.45) is 0 Å². The molecule has 30 heavy (non-hydrogen) atoms. The highest BCUT2D eigenvalue weighted by Gasteiger charge is 2.09. The molecule has 0 aliphatic carbocycles. The third-order valence-electron chi connectivity index (χ3n) is 5.05. The van der Waals surface area contributed by atoms with Crippen molar-refractivity contribution in [1.82, 2.24) is 9.88 Å². The summed E-state index contributed by atoms with van der Waals surface area (Å²) >= 11 is 5.96. The number of hydrogen-bond donors (Lipinski definition) is 1. The van der Waals surface area contributed by atoms with Crippen LogP contribution in [0.1, 0.15) is 36.8 Å². The molecule has 160 valence electrons. The highest BCUT2D eigenvalue weighted by molar-refractivity contribution is 6.30. The number of halogens is 2. The first-order valence-electron chi connectivity index (χ1n) is 10.4. The molecule has 3 aromatic rings. The first-order chi connectivity index (χ1) is 14.7. The SMILES string of the molecule is O=CCCCCCOCCNCc1cc(F)cc2c1ccn2Cc1ccc(Cl)cc1. The smallest absolute Gasteiger partial charge is 0.125 e. The number of fused-ring (bicyclic) bond motifs is 1. The van der Waals surface area contributed by atoms with Gasteiger partial charge in [-0.1, -0.05) is 30.2 Å². The second kappa shape index (κ2) is 11.8. The number of ether oxygens (including phenoxy) is 1. The summed E-state index contributed by atoms with van der Waals surface area (Å²) in [5.41, 5.74) is 2.94. The number of unbranched alkanes of at least 4 members (excludes halogenated alkanes) is 3. The highest BCUT2D eigenvalue weighted by atomic mass is 35.5. The number of benzene rings is 2. The number of aldehydes is 1. The summed E-state index contributed by atoms with van der Waals surface area (Å²) in [5.74, 6) is -0.234. The van der Waals surface area contributed by atoms with E-state index < -0.39 is 0 Å². The van der Waals surface area contributed by atoms with E-state index in [9.17, 15) is 9.18 Å². The Morgan fingerprint density at radius 1 is 1.07 bits per heavy atom. The van der Waals surface area contributed by atoms with Crippen molar-refractivity contribution in [2.75, 3.05) is 19.8 Å². The minimum atomic E-state index is -0.234. The van der Waals surface area contributed by atoms with Crippen molar-refractivity contribution in [2.45, 2.75) is 38.8 Å². The fourth-order valence-electron chi connectivity index (χ4n) is 3.48. The summed E-state index contributed by atoms with van der Waals surface area (Å²) in [5, 5.41) is 5.09. The number of aromatic nitrogens is 1. The molecule has 0 radical (unpaired) electrons. The third-order valence-corrected chi connectivity index (χ3v) is 5.31. The Morgan fingerprint density at radius 2 is 1.90 bits per heavy atom. The van der Waals surface area contributed by atoms with E-state index in [1.54, 1.807) is 12.1 Å². The van der Waals surface area contributed by atoms with Gasteiger partial charge in [0.2, 0.25) is 0 Å². The van der Waals surface area contributed by atoms with Crippen LogP contribution in [0.25, 0.3) is 10.9 Å². The van der Waals surface area contributed by atoms with Crippen LogP contribution >= 0.6 is 11.6 Å². The van der Waals surface area contributed by atoms with Crippen molar-refractivity contribution in [1.29, 1.82) is 0 Å². The predicted molar refractivity (Wildman–Crippen MR) is 120 cm³/mol. The summed E-state index contributed by atoms with van der Waals surface area (Å²) in [6.07, 6.45) is 6.50. The van der Waals surface area contributed by atoms with Gasteiger partial charge in [-0.15, -0.1) is 0 Å². The molecule has 0 bridgehead atoms. The molecule has 0 spiro atoms. The van der Waals surface area contributed by atoms with Gasteiger partial charge in [-0.3, -0.25) is 0 Å². The number of carbonyl (C=O) groups is 1. The first-order valence-corrected chi connectivity index (χ1v) is 10.8. The summed E-state index contributed by atoms with van der Waals surface area (Å²) in [6, 6.07) is 12.9. The Morgan fingerprint density at radius 3 is 2.70 bits per heavy atom. The van der Waals surface area contributed by atoms with E-state index in [2.05, 4.69) is 9.88 Å². The number of nitrogens with one attached hydrogen (secondary N) is 1. The lowest BCUT2D eigenvalue weighted by atomic mass is 10.1. The van der Waals surface area contributed by atoms with E-state index in [-0.39, 0.29) is 5.82 Å². The third kappa shape index (κ3) is 6.66. The van der Waals surface area contributed by atoms with Gasteiger partial charge < -0.3 is 19.4 Å². The van der Waals surface area contributed by atoms with Crippen molar-refractivity contribution in [3.8, 4) is 0 Å². The topological polar surface area (TPSA) is 43.3 Å². The first kappa shape index (κ1) is 22.5. The number of rotatable bonds is 13. The average molecular weight is 431 g/mol. The Bertz CT molecular complexity index is 940. The lowest BCUT2D eigenvalue weighted by Gasteiger charge is -2.10. The Kier molecular flexibility index (Phi) is 8.87. The second-order valence-corrected chi connectivity index (χ2v) is 7.81.